The van der Waals surface area contributed by atoms with E-state index < -0.39 is 8.56 Å². The summed E-state index contributed by atoms with van der Waals surface area (Å²) in [5, 5.41) is 0. The van der Waals surface area contributed by atoms with Crippen LogP contribution in [0.4, 0.5) is 0 Å². The Morgan fingerprint density at radius 2 is 0.475 bits per heavy atom. The second-order valence-electron chi connectivity index (χ2n) is 12.8. The van der Waals surface area contributed by atoms with Crippen molar-refractivity contribution in [3.63, 3.8) is 0 Å². The smallest absolute Gasteiger partial charge is 0.338 e. The number of unbranched alkanes of at least 4 members (excludes halogenated alkanes) is 27. The predicted octanol–water partition coefficient (Wildman–Crippen LogP) is 13.9. The third-order valence-electron chi connectivity index (χ3n) is 8.89. The molecule has 0 spiro atoms. The topological polar surface area (TPSA) is 18.5 Å². The number of hydrogen-bond donors (Lipinski definition) is 0. The molecule has 0 saturated heterocycles. The third kappa shape index (κ3) is 28.3. The fourth-order valence-corrected chi connectivity index (χ4v) is 9.88. The molecule has 0 N–H and O–H groups in total. The van der Waals surface area contributed by atoms with Gasteiger partial charge < -0.3 is 8.85 Å². The molecule has 0 aliphatic heterocycles. The van der Waals surface area contributed by atoms with Crippen LogP contribution in [0.15, 0.2) is 0 Å². The van der Waals surface area contributed by atoms with Gasteiger partial charge in [-0.15, -0.1) is 0 Å². The lowest BCUT2D eigenvalue weighted by molar-refractivity contribution is 0.180. The van der Waals surface area contributed by atoms with Gasteiger partial charge in [-0.05, 0) is 25.9 Å². The molecule has 0 heterocycles. The summed E-state index contributed by atoms with van der Waals surface area (Å²) in [4.78, 5) is 0. The third-order valence-corrected chi connectivity index (χ3v) is 12.7. The molecule has 0 atom stereocenters. The van der Waals surface area contributed by atoms with E-state index >= 15 is 0 Å². The molecule has 0 fully saturated rings. The molecule has 0 saturated carbocycles. The summed E-state index contributed by atoms with van der Waals surface area (Å²) in [6, 6.07) is 2.43. The summed E-state index contributed by atoms with van der Waals surface area (Å²) >= 11 is 0. The van der Waals surface area contributed by atoms with Gasteiger partial charge in [0.25, 0.3) is 0 Å². The Labute approximate surface area is 256 Å². The molecule has 2 nitrogen and oxygen atoms in total. The highest BCUT2D eigenvalue weighted by molar-refractivity contribution is 6.67. The number of hydrogen-bond acceptors (Lipinski definition) is 2. The molecular formula is C37H78O2Si. The van der Waals surface area contributed by atoms with Gasteiger partial charge in [-0.25, -0.2) is 0 Å². The molecule has 0 aliphatic carbocycles. The molecular weight excluding hydrogens is 504 g/mol. The Bertz CT molecular complexity index is 449. The zero-order valence-electron chi connectivity index (χ0n) is 28.7. The Morgan fingerprint density at radius 3 is 0.675 bits per heavy atom. The van der Waals surface area contributed by atoms with Crippen LogP contribution in [0.1, 0.15) is 214 Å². The van der Waals surface area contributed by atoms with E-state index in [9.17, 15) is 0 Å². The SMILES string of the molecule is CCCCCCCCCCCCCCCCCC[Si](CCCCCCCCCCCCCCC)(OCC)OCC. The van der Waals surface area contributed by atoms with Crippen molar-refractivity contribution in [2.75, 3.05) is 13.2 Å². The molecule has 0 bridgehead atoms. The van der Waals surface area contributed by atoms with E-state index in [1.54, 1.807) is 0 Å². The minimum absolute atomic E-state index is 0.823. The second kappa shape index (κ2) is 33.6. The highest BCUT2D eigenvalue weighted by atomic mass is 28.4. The summed E-state index contributed by atoms with van der Waals surface area (Å²) in [5.74, 6) is 0. The van der Waals surface area contributed by atoms with E-state index in [4.69, 9.17) is 8.85 Å². The monoisotopic (exact) mass is 583 g/mol. The van der Waals surface area contributed by atoms with Crippen LogP contribution in [0.5, 0.6) is 0 Å². The highest BCUT2D eigenvalue weighted by Gasteiger charge is 2.35. The van der Waals surface area contributed by atoms with Crippen molar-refractivity contribution in [1.82, 2.24) is 0 Å². The average Bonchev–Trinajstić information content (AvgIpc) is 2.95. The van der Waals surface area contributed by atoms with Crippen LogP contribution >= 0.6 is 0 Å². The predicted molar refractivity (Wildman–Crippen MR) is 184 cm³/mol. The standard InChI is InChI=1S/C37H78O2Si/c1-5-9-11-13-15-17-19-21-22-23-25-27-29-31-33-35-37-40(38-7-3,39-8-4)36-34-32-30-28-26-24-20-18-16-14-12-10-6-2/h5-37H2,1-4H3. The van der Waals surface area contributed by atoms with Crippen molar-refractivity contribution in [3.05, 3.63) is 0 Å². The normalized spacial score (nSPS) is 12.0. The van der Waals surface area contributed by atoms with E-state index in [1.165, 1.54) is 198 Å². The number of rotatable bonds is 35. The van der Waals surface area contributed by atoms with Crippen LogP contribution in [0.25, 0.3) is 0 Å². The molecule has 0 amide bonds. The Balaban J connectivity index is 3.75. The summed E-state index contributed by atoms with van der Waals surface area (Å²) in [5.41, 5.74) is 0. The largest absolute Gasteiger partial charge is 0.394 e. The Hall–Kier alpha value is 0.137. The van der Waals surface area contributed by atoms with Crippen molar-refractivity contribution in [3.8, 4) is 0 Å². The maximum atomic E-state index is 6.42. The maximum absolute atomic E-state index is 6.42. The van der Waals surface area contributed by atoms with Gasteiger partial charge in [0.05, 0.1) is 0 Å². The van der Waals surface area contributed by atoms with Gasteiger partial charge in [0.2, 0.25) is 0 Å². The molecule has 40 heavy (non-hydrogen) atoms. The van der Waals surface area contributed by atoms with Crippen LogP contribution in [-0.4, -0.2) is 21.8 Å². The molecule has 0 aromatic carbocycles. The molecule has 0 aromatic heterocycles. The van der Waals surface area contributed by atoms with Crippen LogP contribution < -0.4 is 0 Å². The van der Waals surface area contributed by atoms with Gasteiger partial charge in [-0.2, -0.15) is 0 Å². The quantitative estimate of drug-likeness (QED) is 0.0546. The molecule has 0 rings (SSSR count). The first-order valence-electron chi connectivity index (χ1n) is 19.0. The molecule has 0 aromatic rings. The summed E-state index contributed by atoms with van der Waals surface area (Å²) in [6.45, 7) is 10.6. The van der Waals surface area contributed by atoms with Crippen molar-refractivity contribution < 1.29 is 8.85 Å². The van der Waals surface area contributed by atoms with Gasteiger partial charge in [0.15, 0.2) is 0 Å². The maximum Gasteiger partial charge on any atom is 0.338 e. The Kier molecular flexibility index (Phi) is 33.8. The zero-order chi connectivity index (χ0) is 29.2. The van der Waals surface area contributed by atoms with E-state index in [0.29, 0.717) is 0 Å². The molecule has 3 heteroatoms. The van der Waals surface area contributed by atoms with E-state index in [2.05, 4.69) is 27.7 Å². The van der Waals surface area contributed by atoms with Crippen LogP contribution in [0, 0.1) is 0 Å². The zero-order valence-corrected chi connectivity index (χ0v) is 29.7. The lowest BCUT2D eigenvalue weighted by atomic mass is 10.0. The van der Waals surface area contributed by atoms with Crippen molar-refractivity contribution in [2.24, 2.45) is 0 Å². The van der Waals surface area contributed by atoms with E-state index in [0.717, 1.165) is 13.2 Å². The molecule has 0 aliphatic rings. The minimum Gasteiger partial charge on any atom is -0.394 e. The van der Waals surface area contributed by atoms with Crippen LogP contribution in [0.2, 0.25) is 12.1 Å². The fourth-order valence-electron chi connectivity index (χ4n) is 6.34. The van der Waals surface area contributed by atoms with Crippen molar-refractivity contribution in [1.29, 1.82) is 0 Å². The van der Waals surface area contributed by atoms with Crippen LogP contribution in [-0.2, 0) is 8.85 Å². The first-order chi connectivity index (χ1) is 19.7. The van der Waals surface area contributed by atoms with Gasteiger partial charge in [0.1, 0.15) is 0 Å². The van der Waals surface area contributed by atoms with Gasteiger partial charge >= 0.3 is 8.56 Å². The molecule has 0 radical (unpaired) electrons. The second-order valence-corrected chi connectivity index (χ2v) is 16.2. The van der Waals surface area contributed by atoms with Gasteiger partial charge in [-0.1, -0.05) is 200 Å². The molecule has 242 valence electrons. The van der Waals surface area contributed by atoms with Gasteiger partial charge in [0, 0.05) is 13.2 Å². The average molecular weight is 583 g/mol. The van der Waals surface area contributed by atoms with Crippen molar-refractivity contribution >= 4 is 8.56 Å². The van der Waals surface area contributed by atoms with Crippen LogP contribution in [0.3, 0.4) is 0 Å². The lowest BCUT2D eigenvalue weighted by Gasteiger charge is -2.30. The fraction of sp³-hybridized carbons (Fsp3) is 1.00. The van der Waals surface area contributed by atoms with E-state index in [1.807, 2.05) is 0 Å². The summed E-state index contributed by atoms with van der Waals surface area (Å²) in [6.07, 6.45) is 41.4. The van der Waals surface area contributed by atoms with Gasteiger partial charge in [-0.3, -0.25) is 0 Å². The van der Waals surface area contributed by atoms with Crippen molar-refractivity contribution in [2.45, 2.75) is 226 Å². The summed E-state index contributed by atoms with van der Waals surface area (Å²) in [7, 11) is -2.00. The van der Waals surface area contributed by atoms with E-state index in [-0.39, 0.29) is 0 Å². The lowest BCUT2D eigenvalue weighted by Crippen LogP contribution is -2.42. The minimum atomic E-state index is -2.00. The molecule has 0 unspecified atom stereocenters. The summed E-state index contributed by atoms with van der Waals surface area (Å²) < 4.78 is 12.8. The first-order valence-corrected chi connectivity index (χ1v) is 21.3. The Morgan fingerprint density at radius 1 is 0.275 bits per heavy atom. The first kappa shape index (κ1) is 40.1. The highest BCUT2D eigenvalue weighted by Crippen LogP contribution is 2.26.